The number of methoxy groups -OCH3 is 1. The van der Waals surface area contributed by atoms with E-state index in [9.17, 15) is 13.2 Å². The molecule has 0 saturated heterocycles. The lowest BCUT2D eigenvalue weighted by atomic mass is 10.2. The smallest absolute Gasteiger partial charge is 0.416 e. The number of ether oxygens (including phenoxy) is 1. The number of phenols is 1. The maximum atomic E-state index is 12.2. The van der Waals surface area contributed by atoms with Crippen molar-refractivity contribution in [2.24, 2.45) is 0 Å². The molecule has 14 heavy (non-hydrogen) atoms. The fraction of sp³-hybridized carbons (Fsp3) is 0.250. The standard InChI is InChI=1S/C8H6BrF3O2/c1-14-6-3-4(8(10,11)12)2-5(13)7(6)9/h2-3,13H,1H3. The highest BCUT2D eigenvalue weighted by atomic mass is 79.9. The molecule has 0 amide bonds. The predicted octanol–water partition coefficient (Wildman–Crippen LogP) is 3.18. The minimum atomic E-state index is -4.49. The molecule has 1 N–H and O–H groups in total. The zero-order valence-corrected chi connectivity index (χ0v) is 8.61. The van der Waals surface area contributed by atoms with Crippen LogP contribution in [0.4, 0.5) is 13.2 Å². The molecular formula is C8H6BrF3O2. The summed E-state index contributed by atoms with van der Waals surface area (Å²) in [7, 11) is 1.22. The predicted molar refractivity (Wildman–Crippen MR) is 47.4 cm³/mol. The molecule has 0 fully saturated rings. The number of benzene rings is 1. The molecule has 0 unspecified atom stereocenters. The van der Waals surface area contributed by atoms with Gasteiger partial charge in [-0.25, -0.2) is 0 Å². The number of rotatable bonds is 1. The van der Waals surface area contributed by atoms with E-state index in [2.05, 4.69) is 20.7 Å². The monoisotopic (exact) mass is 270 g/mol. The molecule has 0 bridgehead atoms. The van der Waals surface area contributed by atoms with Gasteiger partial charge in [0.05, 0.1) is 12.7 Å². The van der Waals surface area contributed by atoms with Crippen LogP contribution in [-0.4, -0.2) is 12.2 Å². The minimum Gasteiger partial charge on any atom is -0.507 e. The highest BCUT2D eigenvalue weighted by Crippen LogP contribution is 2.40. The molecule has 0 heterocycles. The number of halogens is 4. The second-order valence-electron chi connectivity index (χ2n) is 2.51. The molecule has 0 aromatic heterocycles. The number of hydrogen-bond donors (Lipinski definition) is 1. The van der Waals surface area contributed by atoms with Crippen LogP contribution in [0.2, 0.25) is 0 Å². The summed E-state index contributed by atoms with van der Waals surface area (Å²) in [6.45, 7) is 0. The third kappa shape index (κ3) is 2.12. The van der Waals surface area contributed by atoms with E-state index in [0.29, 0.717) is 6.07 Å². The maximum Gasteiger partial charge on any atom is 0.416 e. The van der Waals surface area contributed by atoms with E-state index in [0.717, 1.165) is 6.07 Å². The van der Waals surface area contributed by atoms with Crippen molar-refractivity contribution in [1.82, 2.24) is 0 Å². The second kappa shape index (κ2) is 3.68. The fourth-order valence-electron chi connectivity index (χ4n) is 0.895. The van der Waals surface area contributed by atoms with Crippen molar-refractivity contribution in [1.29, 1.82) is 0 Å². The quantitative estimate of drug-likeness (QED) is 0.850. The lowest BCUT2D eigenvalue weighted by molar-refractivity contribution is -0.137. The van der Waals surface area contributed by atoms with Crippen molar-refractivity contribution in [3.05, 3.63) is 22.2 Å². The Kier molecular flexibility index (Phi) is 2.94. The highest BCUT2D eigenvalue weighted by Gasteiger charge is 2.32. The molecule has 1 rings (SSSR count). The average molecular weight is 271 g/mol. The van der Waals surface area contributed by atoms with Gasteiger partial charge in [0.15, 0.2) is 0 Å². The summed E-state index contributed by atoms with van der Waals surface area (Å²) < 4.78 is 41.5. The molecule has 0 saturated carbocycles. The largest absolute Gasteiger partial charge is 0.507 e. The SMILES string of the molecule is COc1cc(C(F)(F)F)cc(O)c1Br. The van der Waals surface area contributed by atoms with E-state index in [-0.39, 0.29) is 10.2 Å². The molecular weight excluding hydrogens is 265 g/mol. The molecule has 1 aromatic rings. The first kappa shape index (κ1) is 11.2. The summed E-state index contributed by atoms with van der Waals surface area (Å²) >= 11 is 2.90. The van der Waals surface area contributed by atoms with Crippen LogP contribution in [0.25, 0.3) is 0 Å². The summed E-state index contributed by atoms with van der Waals surface area (Å²) in [6, 6.07) is 1.44. The molecule has 0 aliphatic carbocycles. The molecule has 1 aromatic carbocycles. The van der Waals surface area contributed by atoms with E-state index in [1.807, 2.05) is 0 Å². The van der Waals surface area contributed by atoms with Gasteiger partial charge in [0, 0.05) is 0 Å². The normalized spacial score (nSPS) is 11.5. The molecule has 0 atom stereocenters. The molecule has 0 aliphatic heterocycles. The highest BCUT2D eigenvalue weighted by molar-refractivity contribution is 9.10. The topological polar surface area (TPSA) is 29.5 Å². The van der Waals surface area contributed by atoms with Crippen LogP contribution < -0.4 is 4.74 Å². The number of aromatic hydroxyl groups is 1. The van der Waals surface area contributed by atoms with Crippen LogP contribution in [0.1, 0.15) is 5.56 Å². The Balaban J connectivity index is 3.30. The number of alkyl halides is 3. The molecule has 2 nitrogen and oxygen atoms in total. The van der Waals surface area contributed by atoms with Crippen LogP contribution in [0, 0.1) is 0 Å². The zero-order chi connectivity index (χ0) is 10.9. The molecule has 0 spiro atoms. The van der Waals surface area contributed by atoms with Crippen molar-refractivity contribution in [3.8, 4) is 11.5 Å². The summed E-state index contributed by atoms with van der Waals surface area (Å²) in [4.78, 5) is 0. The third-order valence-corrected chi connectivity index (χ3v) is 2.36. The lowest BCUT2D eigenvalue weighted by Gasteiger charge is -2.11. The van der Waals surface area contributed by atoms with Crippen molar-refractivity contribution >= 4 is 15.9 Å². The second-order valence-corrected chi connectivity index (χ2v) is 3.30. The molecule has 6 heteroatoms. The van der Waals surface area contributed by atoms with Gasteiger partial charge in [-0.15, -0.1) is 0 Å². The van der Waals surface area contributed by atoms with Crippen LogP contribution in [0.15, 0.2) is 16.6 Å². The van der Waals surface area contributed by atoms with E-state index >= 15 is 0 Å². The van der Waals surface area contributed by atoms with E-state index in [1.165, 1.54) is 7.11 Å². The van der Waals surface area contributed by atoms with Crippen molar-refractivity contribution in [2.45, 2.75) is 6.18 Å². The third-order valence-electron chi connectivity index (χ3n) is 1.57. The molecule has 78 valence electrons. The zero-order valence-electron chi connectivity index (χ0n) is 7.02. The van der Waals surface area contributed by atoms with Gasteiger partial charge in [0.1, 0.15) is 16.0 Å². The van der Waals surface area contributed by atoms with Gasteiger partial charge in [0.2, 0.25) is 0 Å². The first-order valence-electron chi connectivity index (χ1n) is 3.50. The van der Waals surface area contributed by atoms with Crippen LogP contribution in [-0.2, 0) is 6.18 Å². The summed E-state index contributed by atoms with van der Waals surface area (Å²) in [6.07, 6.45) is -4.49. The Morgan fingerprint density at radius 3 is 2.36 bits per heavy atom. The Hall–Kier alpha value is -0.910. The lowest BCUT2D eigenvalue weighted by Crippen LogP contribution is -2.05. The Bertz CT molecular complexity index is 349. The van der Waals surface area contributed by atoms with Crippen molar-refractivity contribution in [3.63, 3.8) is 0 Å². The van der Waals surface area contributed by atoms with Crippen LogP contribution >= 0.6 is 15.9 Å². The summed E-state index contributed by atoms with van der Waals surface area (Å²) in [5.41, 5.74) is -0.949. The Labute approximate surface area is 86.4 Å². The van der Waals surface area contributed by atoms with Gasteiger partial charge in [-0.3, -0.25) is 0 Å². The number of hydrogen-bond acceptors (Lipinski definition) is 2. The Morgan fingerprint density at radius 1 is 1.36 bits per heavy atom. The van der Waals surface area contributed by atoms with E-state index < -0.39 is 17.5 Å². The van der Waals surface area contributed by atoms with Gasteiger partial charge in [-0.05, 0) is 28.1 Å². The van der Waals surface area contributed by atoms with Crippen LogP contribution in [0.5, 0.6) is 11.5 Å². The summed E-state index contributed by atoms with van der Waals surface area (Å²) in [5, 5.41) is 9.15. The van der Waals surface area contributed by atoms with Gasteiger partial charge >= 0.3 is 6.18 Å². The first-order valence-corrected chi connectivity index (χ1v) is 4.29. The van der Waals surface area contributed by atoms with Gasteiger partial charge in [0.25, 0.3) is 0 Å². The average Bonchev–Trinajstić information content (AvgIpc) is 2.07. The molecule has 0 radical (unpaired) electrons. The fourth-order valence-corrected chi connectivity index (χ4v) is 1.29. The first-order chi connectivity index (χ1) is 6.36. The van der Waals surface area contributed by atoms with Crippen molar-refractivity contribution in [2.75, 3.05) is 7.11 Å². The van der Waals surface area contributed by atoms with Gasteiger partial charge in [-0.1, -0.05) is 0 Å². The molecule has 0 aliphatic rings. The van der Waals surface area contributed by atoms with Crippen molar-refractivity contribution < 1.29 is 23.0 Å². The van der Waals surface area contributed by atoms with E-state index in [4.69, 9.17) is 5.11 Å². The maximum absolute atomic E-state index is 12.2. The number of phenolic OH excluding ortho intramolecular Hbond substituents is 1. The van der Waals surface area contributed by atoms with E-state index in [1.54, 1.807) is 0 Å². The summed E-state index contributed by atoms with van der Waals surface area (Å²) in [5.74, 6) is -0.561. The van der Waals surface area contributed by atoms with Gasteiger partial charge in [-0.2, -0.15) is 13.2 Å². The van der Waals surface area contributed by atoms with Crippen LogP contribution in [0.3, 0.4) is 0 Å². The minimum absolute atomic E-state index is 0.0580. The Morgan fingerprint density at radius 2 is 1.93 bits per heavy atom. The van der Waals surface area contributed by atoms with Gasteiger partial charge < -0.3 is 9.84 Å².